The summed E-state index contributed by atoms with van der Waals surface area (Å²) in [4.78, 5) is 12.9. The molecule has 0 aliphatic heterocycles. The van der Waals surface area contributed by atoms with Gasteiger partial charge in [0.2, 0.25) is 5.76 Å². The van der Waals surface area contributed by atoms with Crippen LogP contribution < -0.4 is 10.2 Å². The van der Waals surface area contributed by atoms with Gasteiger partial charge in [0, 0.05) is 17.5 Å². The lowest BCUT2D eigenvalue weighted by Gasteiger charge is -2.13. The minimum Gasteiger partial charge on any atom is -0.453 e. The van der Waals surface area contributed by atoms with Gasteiger partial charge in [-0.1, -0.05) is 30.3 Å². The number of benzene rings is 3. The van der Waals surface area contributed by atoms with E-state index in [1.807, 2.05) is 43.3 Å². The van der Waals surface area contributed by atoms with E-state index in [9.17, 15) is 9.18 Å². The molecular formula is C26H21FN2O3. The van der Waals surface area contributed by atoms with Crippen LogP contribution in [0.5, 0.6) is 5.75 Å². The Bertz CT molecular complexity index is 1340. The maximum Gasteiger partial charge on any atom is 0.379 e. The smallest absolute Gasteiger partial charge is 0.379 e. The van der Waals surface area contributed by atoms with Crippen molar-refractivity contribution in [2.45, 2.75) is 26.2 Å². The highest BCUT2D eigenvalue weighted by atomic mass is 19.1. The van der Waals surface area contributed by atoms with Crippen molar-refractivity contribution < 1.29 is 18.3 Å². The van der Waals surface area contributed by atoms with Crippen LogP contribution in [0, 0.1) is 12.7 Å². The fourth-order valence-electron chi connectivity index (χ4n) is 4.02. The van der Waals surface area contributed by atoms with Gasteiger partial charge in [0.25, 0.3) is 0 Å². The minimum atomic E-state index is -0.530. The molecule has 1 heterocycles. The van der Waals surface area contributed by atoms with Crippen molar-refractivity contribution in [3.05, 3.63) is 95.2 Å². The summed E-state index contributed by atoms with van der Waals surface area (Å²) >= 11 is 0. The maximum absolute atomic E-state index is 13.1. The molecule has 0 saturated carbocycles. The number of furan rings is 1. The number of ether oxygens (including phenoxy) is 1. The van der Waals surface area contributed by atoms with Crippen molar-refractivity contribution in [1.82, 2.24) is 0 Å². The van der Waals surface area contributed by atoms with Gasteiger partial charge in [-0.3, -0.25) is 5.43 Å². The van der Waals surface area contributed by atoms with Gasteiger partial charge in [0.1, 0.15) is 17.3 Å². The van der Waals surface area contributed by atoms with E-state index in [2.05, 4.69) is 10.5 Å². The molecule has 160 valence electrons. The minimum absolute atomic E-state index is 0.194. The lowest BCUT2D eigenvalue weighted by atomic mass is 9.93. The summed E-state index contributed by atoms with van der Waals surface area (Å²) in [6, 6.07) is 19.4. The Labute approximate surface area is 184 Å². The van der Waals surface area contributed by atoms with E-state index in [1.165, 1.54) is 12.1 Å². The SMILES string of the molecule is Cc1c(C(=O)Oc2ccc3ccccc3c2)oc2c1/C(=N/Nc1ccc(F)cc1)CCC2. The number of hydrogen-bond acceptors (Lipinski definition) is 5. The van der Waals surface area contributed by atoms with Crippen LogP contribution in [0.3, 0.4) is 0 Å². The molecule has 1 aromatic heterocycles. The summed E-state index contributed by atoms with van der Waals surface area (Å²) in [5.41, 5.74) is 6.02. The molecule has 5 nitrogen and oxygen atoms in total. The number of nitrogens with one attached hydrogen (secondary N) is 1. The molecule has 3 aromatic carbocycles. The van der Waals surface area contributed by atoms with Crippen molar-refractivity contribution >= 4 is 28.1 Å². The third-order valence-corrected chi connectivity index (χ3v) is 5.61. The van der Waals surface area contributed by atoms with Crippen LogP contribution in [0.2, 0.25) is 0 Å². The molecule has 1 aliphatic rings. The molecule has 5 rings (SSSR count). The number of carbonyl (C=O) groups excluding carboxylic acids is 1. The third-order valence-electron chi connectivity index (χ3n) is 5.61. The molecule has 0 amide bonds. The van der Waals surface area contributed by atoms with Gasteiger partial charge in [-0.25, -0.2) is 9.18 Å². The zero-order valence-corrected chi connectivity index (χ0v) is 17.5. The standard InChI is InChI=1S/C26H21FN2O3/c1-16-24-22(29-28-20-12-10-19(27)11-13-20)7-4-8-23(24)32-25(16)26(30)31-21-14-9-17-5-2-3-6-18(17)15-21/h2-3,5-6,9-15,28H,4,7-8H2,1H3/b29-22+. The maximum atomic E-state index is 13.1. The zero-order valence-electron chi connectivity index (χ0n) is 17.5. The first-order chi connectivity index (χ1) is 15.6. The van der Waals surface area contributed by atoms with E-state index in [0.29, 0.717) is 17.0 Å². The highest BCUT2D eigenvalue weighted by Crippen LogP contribution is 2.31. The molecule has 0 spiro atoms. The van der Waals surface area contributed by atoms with Gasteiger partial charge >= 0.3 is 5.97 Å². The number of carbonyl (C=O) groups is 1. The molecular weight excluding hydrogens is 407 g/mol. The van der Waals surface area contributed by atoms with Crippen molar-refractivity contribution in [3.63, 3.8) is 0 Å². The Morgan fingerprint density at radius 3 is 2.62 bits per heavy atom. The summed E-state index contributed by atoms with van der Waals surface area (Å²) in [7, 11) is 0. The molecule has 0 saturated heterocycles. The summed E-state index contributed by atoms with van der Waals surface area (Å²) in [6.45, 7) is 1.85. The monoisotopic (exact) mass is 428 g/mol. The van der Waals surface area contributed by atoms with Gasteiger partial charge in [-0.05, 0) is 66.9 Å². The molecule has 1 N–H and O–H groups in total. The Kier molecular flexibility index (Phi) is 5.19. The Morgan fingerprint density at radius 1 is 1.03 bits per heavy atom. The number of aryl methyl sites for hydroxylation is 1. The molecule has 0 fully saturated rings. The van der Waals surface area contributed by atoms with Crippen LogP contribution in [-0.4, -0.2) is 11.7 Å². The number of anilines is 1. The number of fused-ring (bicyclic) bond motifs is 2. The summed E-state index contributed by atoms with van der Waals surface area (Å²) < 4.78 is 24.7. The van der Waals surface area contributed by atoms with E-state index < -0.39 is 5.97 Å². The van der Waals surface area contributed by atoms with Crippen molar-refractivity contribution in [3.8, 4) is 5.75 Å². The number of hydrogen-bond donors (Lipinski definition) is 1. The largest absolute Gasteiger partial charge is 0.453 e. The molecule has 6 heteroatoms. The van der Waals surface area contributed by atoms with Crippen molar-refractivity contribution in [2.75, 3.05) is 5.43 Å². The second-order valence-corrected chi connectivity index (χ2v) is 7.78. The lowest BCUT2D eigenvalue weighted by molar-refractivity contribution is 0.0698. The second-order valence-electron chi connectivity index (χ2n) is 7.78. The molecule has 0 bridgehead atoms. The van der Waals surface area contributed by atoms with Gasteiger partial charge in [0.05, 0.1) is 11.4 Å². The summed E-state index contributed by atoms with van der Waals surface area (Å²) in [6.07, 6.45) is 2.35. The van der Waals surface area contributed by atoms with Crippen LogP contribution >= 0.6 is 0 Å². The van der Waals surface area contributed by atoms with E-state index in [-0.39, 0.29) is 11.6 Å². The first-order valence-corrected chi connectivity index (χ1v) is 10.5. The van der Waals surface area contributed by atoms with Crippen LogP contribution in [0.25, 0.3) is 10.8 Å². The number of hydrazone groups is 1. The number of rotatable bonds is 4. The highest BCUT2D eigenvalue weighted by Gasteiger charge is 2.29. The zero-order chi connectivity index (χ0) is 22.1. The fraction of sp³-hybridized carbons (Fsp3) is 0.154. The van der Waals surface area contributed by atoms with E-state index in [4.69, 9.17) is 9.15 Å². The summed E-state index contributed by atoms with van der Waals surface area (Å²) in [5.74, 6) is 0.564. The van der Waals surface area contributed by atoms with Crippen LogP contribution in [-0.2, 0) is 6.42 Å². The van der Waals surface area contributed by atoms with E-state index in [1.54, 1.807) is 18.2 Å². The Balaban J connectivity index is 1.40. The second kappa shape index (κ2) is 8.30. The first-order valence-electron chi connectivity index (χ1n) is 10.5. The number of halogens is 1. The summed E-state index contributed by atoms with van der Waals surface area (Å²) in [5, 5.41) is 6.58. The van der Waals surface area contributed by atoms with Gasteiger partial charge in [-0.2, -0.15) is 5.10 Å². The third kappa shape index (κ3) is 3.87. The van der Waals surface area contributed by atoms with E-state index in [0.717, 1.165) is 47.1 Å². The predicted octanol–water partition coefficient (Wildman–Crippen LogP) is 6.25. The molecule has 0 radical (unpaired) electrons. The fourth-order valence-corrected chi connectivity index (χ4v) is 4.02. The van der Waals surface area contributed by atoms with Crippen LogP contribution in [0.15, 0.2) is 76.2 Å². The van der Waals surface area contributed by atoms with Crippen LogP contribution in [0.4, 0.5) is 10.1 Å². The number of esters is 1. The average Bonchev–Trinajstić information content (AvgIpc) is 3.16. The molecule has 0 atom stereocenters. The quantitative estimate of drug-likeness (QED) is 0.237. The molecule has 1 aliphatic carbocycles. The Morgan fingerprint density at radius 2 is 1.81 bits per heavy atom. The highest BCUT2D eigenvalue weighted by molar-refractivity contribution is 6.06. The van der Waals surface area contributed by atoms with Gasteiger partial charge < -0.3 is 9.15 Å². The lowest BCUT2D eigenvalue weighted by Crippen LogP contribution is -2.13. The van der Waals surface area contributed by atoms with Gasteiger partial charge in [-0.15, -0.1) is 0 Å². The molecule has 32 heavy (non-hydrogen) atoms. The normalized spacial score (nSPS) is 14.4. The van der Waals surface area contributed by atoms with Crippen molar-refractivity contribution in [1.29, 1.82) is 0 Å². The molecule has 4 aromatic rings. The van der Waals surface area contributed by atoms with Gasteiger partial charge in [0.15, 0.2) is 0 Å². The first kappa shape index (κ1) is 20.0. The van der Waals surface area contributed by atoms with Crippen LogP contribution in [0.1, 0.15) is 40.3 Å². The Hall–Kier alpha value is -3.93. The topological polar surface area (TPSA) is 63.8 Å². The average molecular weight is 428 g/mol. The van der Waals surface area contributed by atoms with Crippen molar-refractivity contribution in [2.24, 2.45) is 5.10 Å². The predicted molar refractivity (Wildman–Crippen MR) is 122 cm³/mol. The number of nitrogens with zero attached hydrogens (tertiary/aromatic N) is 1. The van der Waals surface area contributed by atoms with E-state index >= 15 is 0 Å². The molecule has 0 unspecified atom stereocenters.